The minimum absolute atomic E-state index is 0.414. The van der Waals surface area contributed by atoms with Crippen molar-refractivity contribution < 1.29 is 4.74 Å². The largest absolute Gasteiger partial charge is 0.380 e. The highest BCUT2D eigenvalue weighted by Crippen LogP contribution is 2.11. The molecule has 1 unspecified atom stereocenters. The first kappa shape index (κ1) is 16.0. The van der Waals surface area contributed by atoms with Crippen molar-refractivity contribution in [2.45, 2.75) is 32.5 Å². The molecule has 1 atom stereocenters. The molecule has 0 aliphatic carbocycles. The number of hydrogen-bond acceptors (Lipinski definition) is 2. The summed E-state index contributed by atoms with van der Waals surface area (Å²) in [5.74, 6) is 0. The Labute approximate surface area is 132 Å². The van der Waals surface area contributed by atoms with Crippen LogP contribution in [0, 0.1) is 0 Å². The summed E-state index contributed by atoms with van der Waals surface area (Å²) >= 11 is 5.90. The van der Waals surface area contributed by atoms with Gasteiger partial charge in [-0.2, -0.15) is 0 Å². The SMILES string of the molecule is COCc1cccc(CNC(C)Cc2ccc(Cl)cc2)c1. The fourth-order valence-corrected chi connectivity index (χ4v) is 2.46. The van der Waals surface area contributed by atoms with E-state index in [2.05, 4.69) is 48.6 Å². The normalized spacial score (nSPS) is 12.3. The minimum atomic E-state index is 0.414. The highest BCUT2D eigenvalue weighted by molar-refractivity contribution is 6.30. The van der Waals surface area contributed by atoms with Gasteiger partial charge in [-0.1, -0.05) is 48.0 Å². The Morgan fingerprint density at radius 3 is 2.48 bits per heavy atom. The van der Waals surface area contributed by atoms with Crippen LogP contribution in [0.3, 0.4) is 0 Å². The van der Waals surface area contributed by atoms with Crippen LogP contribution in [0.15, 0.2) is 48.5 Å². The van der Waals surface area contributed by atoms with Gasteiger partial charge in [0.25, 0.3) is 0 Å². The summed E-state index contributed by atoms with van der Waals surface area (Å²) in [5.41, 5.74) is 3.79. The molecule has 2 rings (SSSR count). The van der Waals surface area contributed by atoms with Crippen LogP contribution in [0.4, 0.5) is 0 Å². The van der Waals surface area contributed by atoms with Gasteiger partial charge in [-0.05, 0) is 42.2 Å². The van der Waals surface area contributed by atoms with Crippen molar-refractivity contribution in [1.29, 1.82) is 0 Å². The molecule has 0 aromatic heterocycles. The summed E-state index contributed by atoms with van der Waals surface area (Å²) in [6.07, 6.45) is 0.995. The quantitative estimate of drug-likeness (QED) is 0.827. The van der Waals surface area contributed by atoms with E-state index in [1.54, 1.807) is 7.11 Å². The molecule has 0 amide bonds. The van der Waals surface area contributed by atoms with E-state index < -0.39 is 0 Å². The Hall–Kier alpha value is -1.35. The second kappa shape index (κ2) is 8.18. The zero-order valence-electron chi connectivity index (χ0n) is 12.6. The number of benzene rings is 2. The van der Waals surface area contributed by atoms with E-state index in [0.29, 0.717) is 12.6 Å². The van der Waals surface area contributed by atoms with Gasteiger partial charge < -0.3 is 10.1 Å². The van der Waals surface area contributed by atoms with E-state index >= 15 is 0 Å². The third-order valence-electron chi connectivity index (χ3n) is 3.41. The zero-order valence-corrected chi connectivity index (χ0v) is 13.4. The number of hydrogen-bond donors (Lipinski definition) is 1. The van der Waals surface area contributed by atoms with Crippen molar-refractivity contribution in [3.05, 3.63) is 70.2 Å². The van der Waals surface area contributed by atoms with Crippen LogP contribution in [0.2, 0.25) is 5.02 Å². The van der Waals surface area contributed by atoms with Gasteiger partial charge in [-0.25, -0.2) is 0 Å². The molecule has 0 radical (unpaired) electrons. The van der Waals surface area contributed by atoms with Gasteiger partial charge in [0.2, 0.25) is 0 Å². The van der Waals surface area contributed by atoms with Gasteiger partial charge in [-0.15, -0.1) is 0 Å². The number of halogens is 1. The van der Waals surface area contributed by atoms with Gasteiger partial charge in [0.1, 0.15) is 0 Å². The summed E-state index contributed by atoms with van der Waals surface area (Å²) in [5, 5.41) is 4.34. The third kappa shape index (κ3) is 5.50. The van der Waals surface area contributed by atoms with Crippen LogP contribution >= 0.6 is 11.6 Å². The molecule has 0 heterocycles. The number of rotatable bonds is 7. The maximum absolute atomic E-state index is 5.90. The highest BCUT2D eigenvalue weighted by Gasteiger charge is 2.04. The lowest BCUT2D eigenvalue weighted by atomic mass is 10.1. The van der Waals surface area contributed by atoms with Gasteiger partial charge in [0.15, 0.2) is 0 Å². The van der Waals surface area contributed by atoms with Gasteiger partial charge in [0, 0.05) is 24.7 Å². The lowest BCUT2D eigenvalue weighted by Crippen LogP contribution is -2.27. The smallest absolute Gasteiger partial charge is 0.0713 e. The summed E-state index contributed by atoms with van der Waals surface area (Å²) in [6, 6.07) is 17.0. The summed E-state index contributed by atoms with van der Waals surface area (Å²) in [6.45, 7) is 3.73. The maximum atomic E-state index is 5.90. The van der Waals surface area contributed by atoms with E-state index in [1.807, 2.05) is 12.1 Å². The van der Waals surface area contributed by atoms with Crippen LogP contribution < -0.4 is 5.32 Å². The van der Waals surface area contributed by atoms with Gasteiger partial charge in [-0.3, -0.25) is 0 Å². The first-order valence-corrected chi connectivity index (χ1v) is 7.60. The average Bonchev–Trinajstić information content (AvgIpc) is 2.48. The molecule has 0 bridgehead atoms. The molecule has 2 nitrogen and oxygen atoms in total. The molecule has 0 aliphatic heterocycles. The standard InChI is InChI=1S/C18H22ClNO/c1-14(10-15-6-8-18(19)9-7-15)20-12-16-4-3-5-17(11-16)13-21-2/h3-9,11,14,20H,10,12-13H2,1-2H3. The second-order valence-corrected chi connectivity index (χ2v) is 5.80. The Kier molecular flexibility index (Phi) is 6.24. The number of nitrogens with one attached hydrogen (secondary N) is 1. The van der Waals surface area contributed by atoms with Crippen molar-refractivity contribution in [2.75, 3.05) is 7.11 Å². The van der Waals surface area contributed by atoms with Crippen molar-refractivity contribution >= 4 is 11.6 Å². The monoisotopic (exact) mass is 303 g/mol. The van der Waals surface area contributed by atoms with Crippen molar-refractivity contribution in [3.8, 4) is 0 Å². The lowest BCUT2D eigenvalue weighted by Gasteiger charge is -2.14. The Morgan fingerprint density at radius 2 is 1.76 bits per heavy atom. The van der Waals surface area contributed by atoms with E-state index in [0.717, 1.165) is 18.0 Å². The minimum Gasteiger partial charge on any atom is -0.380 e. The molecule has 0 saturated carbocycles. The first-order valence-electron chi connectivity index (χ1n) is 7.22. The second-order valence-electron chi connectivity index (χ2n) is 5.37. The van der Waals surface area contributed by atoms with Crippen LogP contribution in [-0.4, -0.2) is 13.2 Å². The topological polar surface area (TPSA) is 21.3 Å². The molecule has 0 spiro atoms. The molecule has 21 heavy (non-hydrogen) atoms. The first-order chi connectivity index (χ1) is 10.2. The van der Waals surface area contributed by atoms with Crippen LogP contribution in [0.5, 0.6) is 0 Å². The van der Waals surface area contributed by atoms with Crippen LogP contribution in [0.1, 0.15) is 23.6 Å². The molecule has 1 N–H and O–H groups in total. The third-order valence-corrected chi connectivity index (χ3v) is 3.66. The fraction of sp³-hybridized carbons (Fsp3) is 0.333. The van der Waals surface area contributed by atoms with Gasteiger partial charge in [0.05, 0.1) is 6.61 Å². The number of ether oxygens (including phenoxy) is 1. The van der Waals surface area contributed by atoms with Crippen LogP contribution in [-0.2, 0) is 24.3 Å². The molecule has 0 saturated heterocycles. The van der Waals surface area contributed by atoms with E-state index in [4.69, 9.17) is 16.3 Å². The molecular formula is C18H22ClNO. The van der Waals surface area contributed by atoms with Crippen LogP contribution in [0.25, 0.3) is 0 Å². The molecule has 2 aromatic carbocycles. The fourth-order valence-electron chi connectivity index (χ4n) is 2.33. The molecule has 2 aromatic rings. The summed E-state index contributed by atoms with van der Waals surface area (Å²) in [4.78, 5) is 0. The Morgan fingerprint density at radius 1 is 1.05 bits per heavy atom. The van der Waals surface area contributed by atoms with E-state index in [1.165, 1.54) is 16.7 Å². The lowest BCUT2D eigenvalue weighted by molar-refractivity contribution is 0.185. The summed E-state index contributed by atoms with van der Waals surface area (Å²) in [7, 11) is 1.72. The predicted molar refractivity (Wildman–Crippen MR) is 88.6 cm³/mol. The van der Waals surface area contributed by atoms with E-state index in [9.17, 15) is 0 Å². The van der Waals surface area contributed by atoms with Crippen molar-refractivity contribution in [2.24, 2.45) is 0 Å². The molecule has 3 heteroatoms. The number of methoxy groups -OCH3 is 1. The molecule has 112 valence electrons. The van der Waals surface area contributed by atoms with Gasteiger partial charge >= 0.3 is 0 Å². The molecule has 0 fully saturated rings. The predicted octanol–water partition coefficient (Wildman–Crippen LogP) is 4.21. The zero-order chi connectivity index (χ0) is 15.1. The molecular weight excluding hydrogens is 282 g/mol. The van der Waals surface area contributed by atoms with Crippen molar-refractivity contribution in [3.63, 3.8) is 0 Å². The highest BCUT2D eigenvalue weighted by atomic mass is 35.5. The Bertz CT molecular complexity index is 553. The Balaban J connectivity index is 1.84. The van der Waals surface area contributed by atoms with E-state index in [-0.39, 0.29) is 0 Å². The summed E-state index contributed by atoms with van der Waals surface area (Å²) < 4.78 is 5.17. The maximum Gasteiger partial charge on any atom is 0.0713 e. The average molecular weight is 304 g/mol. The molecule has 0 aliphatic rings. The van der Waals surface area contributed by atoms with Crippen molar-refractivity contribution in [1.82, 2.24) is 5.32 Å².